The van der Waals surface area contributed by atoms with E-state index in [1.165, 1.54) is 0 Å². The second kappa shape index (κ2) is 8.25. The predicted octanol–water partition coefficient (Wildman–Crippen LogP) is 1.97. The van der Waals surface area contributed by atoms with Crippen molar-refractivity contribution in [3.8, 4) is 0 Å². The fourth-order valence-electron chi connectivity index (χ4n) is 2.36. The Balaban J connectivity index is 4.50. The number of likely N-dealkylation sites (N-methyl/N-ethyl adjacent to an activating group) is 1. The zero-order chi connectivity index (χ0) is 15.9. The van der Waals surface area contributed by atoms with Crippen LogP contribution in [-0.2, 0) is 9.59 Å². The molecule has 2 N–H and O–H groups in total. The molecule has 0 aliphatic heterocycles. The minimum Gasteiger partial charge on any atom is -0.481 e. The molecule has 0 aromatic heterocycles. The number of hydrogen-bond acceptors (Lipinski definition) is 3. The Morgan fingerprint density at radius 1 is 1.20 bits per heavy atom. The maximum atomic E-state index is 11.9. The number of carbonyl (C=O) groups excluding carboxylic acids is 1. The molecule has 0 aromatic carbocycles. The maximum Gasteiger partial charge on any atom is 0.309 e. The van der Waals surface area contributed by atoms with Crippen molar-refractivity contribution in [1.82, 2.24) is 10.2 Å². The van der Waals surface area contributed by atoms with Crippen molar-refractivity contribution >= 4 is 11.9 Å². The molecule has 5 heteroatoms. The number of nitrogens with one attached hydrogen (secondary N) is 1. The standard InChI is InChI=1S/C15H30N2O3/c1-7-11(8-2)12(17(5)6)10-16-13(18)9-15(3,4)14(19)20/h11-12H,7-10H2,1-6H3,(H,16,18)(H,19,20). The minimum absolute atomic E-state index is 0.00536. The number of nitrogens with zero attached hydrogens (tertiary/aromatic N) is 1. The van der Waals surface area contributed by atoms with Crippen LogP contribution in [0.3, 0.4) is 0 Å². The smallest absolute Gasteiger partial charge is 0.309 e. The van der Waals surface area contributed by atoms with E-state index in [0.717, 1.165) is 12.8 Å². The summed E-state index contributed by atoms with van der Waals surface area (Å²) in [4.78, 5) is 25.0. The van der Waals surface area contributed by atoms with Gasteiger partial charge in [-0.25, -0.2) is 0 Å². The summed E-state index contributed by atoms with van der Waals surface area (Å²) in [5, 5.41) is 11.9. The van der Waals surface area contributed by atoms with Gasteiger partial charge >= 0.3 is 5.97 Å². The van der Waals surface area contributed by atoms with E-state index < -0.39 is 11.4 Å². The summed E-state index contributed by atoms with van der Waals surface area (Å²) in [5.41, 5.74) is -1.02. The van der Waals surface area contributed by atoms with E-state index in [1.807, 2.05) is 14.1 Å². The van der Waals surface area contributed by atoms with Gasteiger partial charge in [0.05, 0.1) is 5.41 Å². The van der Waals surface area contributed by atoms with Gasteiger partial charge in [0.15, 0.2) is 0 Å². The highest BCUT2D eigenvalue weighted by molar-refractivity contribution is 5.84. The van der Waals surface area contributed by atoms with Crippen LogP contribution < -0.4 is 5.32 Å². The van der Waals surface area contributed by atoms with E-state index in [-0.39, 0.29) is 18.4 Å². The highest BCUT2D eigenvalue weighted by atomic mass is 16.4. The lowest BCUT2D eigenvalue weighted by atomic mass is 9.89. The quantitative estimate of drug-likeness (QED) is 0.680. The highest BCUT2D eigenvalue weighted by Gasteiger charge is 2.30. The van der Waals surface area contributed by atoms with Crippen LogP contribution in [0.1, 0.15) is 47.0 Å². The van der Waals surface area contributed by atoms with E-state index in [1.54, 1.807) is 13.8 Å². The fraction of sp³-hybridized carbons (Fsp3) is 0.867. The van der Waals surface area contributed by atoms with Gasteiger partial charge in [-0.15, -0.1) is 0 Å². The third kappa shape index (κ3) is 5.90. The Hall–Kier alpha value is -1.10. The normalized spacial score (nSPS) is 13.6. The van der Waals surface area contributed by atoms with Gasteiger partial charge in [0.25, 0.3) is 0 Å². The predicted molar refractivity (Wildman–Crippen MR) is 80.6 cm³/mol. The van der Waals surface area contributed by atoms with Gasteiger partial charge in [0.2, 0.25) is 5.91 Å². The van der Waals surface area contributed by atoms with Gasteiger partial charge in [0, 0.05) is 19.0 Å². The molecule has 0 aliphatic rings. The molecule has 0 bridgehead atoms. The lowest BCUT2D eigenvalue weighted by Crippen LogP contribution is -2.45. The Labute approximate surface area is 122 Å². The molecule has 0 fully saturated rings. The SMILES string of the molecule is CCC(CC)C(CNC(=O)CC(C)(C)C(=O)O)N(C)C. The molecule has 0 saturated carbocycles. The Kier molecular flexibility index (Phi) is 7.79. The molecular weight excluding hydrogens is 256 g/mol. The van der Waals surface area contributed by atoms with Gasteiger partial charge in [-0.1, -0.05) is 26.7 Å². The minimum atomic E-state index is -1.02. The summed E-state index contributed by atoms with van der Waals surface area (Å²) < 4.78 is 0. The second-order valence-corrected chi connectivity index (χ2v) is 6.28. The molecule has 0 rings (SSSR count). The van der Waals surface area contributed by atoms with Crippen LogP contribution in [-0.4, -0.2) is 48.6 Å². The summed E-state index contributed by atoms with van der Waals surface area (Å²) in [7, 11) is 4.02. The van der Waals surface area contributed by atoms with Crippen LogP contribution >= 0.6 is 0 Å². The first kappa shape index (κ1) is 18.9. The van der Waals surface area contributed by atoms with Crippen LogP contribution in [0, 0.1) is 11.3 Å². The summed E-state index contributed by atoms with van der Waals surface area (Å²) in [6.07, 6.45) is 2.14. The molecule has 0 saturated heterocycles. The zero-order valence-corrected chi connectivity index (χ0v) is 13.7. The van der Waals surface area contributed by atoms with Gasteiger partial charge in [-0.2, -0.15) is 0 Å². The molecule has 5 nitrogen and oxygen atoms in total. The van der Waals surface area contributed by atoms with Crippen molar-refractivity contribution in [2.45, 2.75) is 53.0 Å². The summed E-state index contributed by atoms with van der Waals surface area (Å²) in [5.74, 6) is -0.621. The summed E-state index contributed by atoms with van der Waals surface area (Å²) in [6, 6.07) is 0.280. The molecule has 1 atom stereocenters. The first-order valence-corrected chi connectivity index (χ1v) is 7.32. The average Bonchev–Trinajstić information content (AvgIpc) is 2.33. The maximum absolute atomic E-state index is 11.9. The van der Waals surface area contributed by atoms with Gasteiger partial charge in [0.1, 0.15) is 0 Å². The molecule has 0 radical (unpaired) electrons. The van der Waals surface area contributed by atoms with E-state index in [4.69, 9.17) is 5.11 Å². The number of rotatable bonds is 9. The Morgan fingerprint density at radius 2 is 1.70 bits per heavy atom. The number of aliphatic carboxylic acids is 1. The van der Waals surface area contributed by atoms with E-state index in [0.29, 0.717) is 12.5 Å². The van der Waals surface area contributed by atoms with Gasteiger partial charge < -0.3 is 15.3 Å². The zero-order valence-electron chi connectivity index (χ0n) is 13.7. The first-order chi connectivity index (χ1) is 9.15. The molecule has 0 aliphatic carbocycles. The van der Waals surface area contributed by atoms with E-state index in [9.17, 15) is 9.59 Å². The van der Waals surface area contributed by atoms with Crippen molar-refractivity contribution in [2.24, 2.45) is 11.3 Å². The van der Waals surface area contributed by atoms with Gasteiger partial charge in [-0.3, -0.25) is 9.59 Å². The van der Waals surface area contributed by atoms with Crippen molar-refractivity contribution < 1.29 is 14.7 Å². The average molecular weight is 286 g/mol. The summed E-state index contributed by atoms with van der Waals surface area (Å²) in [6.45, 7) is 8.01. The molecular formula is C15H30N2O3. The van der Waals surface area contributed by atoms with E-state index in [2.05, 4.69) is 24.1 Å². The Bertz CT molecular complexity index is 323. The van der Waals surface area contributed by atoms with Crippen molar-refractivity contribution in [3.05, 3.63) is 0 Å². The van der Waals surface area contributed by atoms with Crippen LogP contribution in [0.2, 0.25) is 0 Å². The second-order valence-electron chi connectivity index (χ2n) is 6.28. The number of carboxylic acids is 1. The van der Waals surface area contributed by atoms with Crippen LogP contribution in [0.5, 0.6) is 0 Å². The first-order valence-electron chi connectivity index (χ1n) is 7.32. The third-order valence-electron chi connectivity index (χ3n) is 3.95. The van der Waals surface area contributed by atoms with Crippen molar-refractivity contribution in [1.29, 1.82) is 0 Å². The molecule has 0 heterocycles. The monoisotopic (exact) mass is 286 g/mol. The molecule has 1 amide bonds. The van der Waals surface area contributed by atoms with E-state index >= 15 is 0 Å². The molecule has 20 heavy (non-hydrogen) atoms. The summed E-state index contributed by atoms with van der Waals surface area (Å²) >= 11 is 0. The molecule has 0 aromatic rings. The number of carbonyl (C=O) groups is 2. The van der Waals surface area contributed by atoms with Crippen LogP contribution in [0.4, 0.5) is 0 Å². The Morgan fingerprint density at radius 3 is 2.05 bits per heavy atom. The lowest BCUT2D eigenvalue weighted by Gasteiger charge is -2.31. The number of amides is 1. The van der Waals surface area contributed by atoms with Crippen LogP contribution in [0.25, 0.3) is 0 Å². The largest absolute Gasteiger partial charge is 0.481 e. The van der Waals surface area contributed by atoms with Crippen molar-refractivity contribution in [2.75, 3.05) is 20.6 Å². The van der Waals surface area contributed by atoms with Gasteiger partial charge in [-0.05, 0) is 33.9 Å². The third-order valence-corrected chi connectivity index (χ3v) is 3.95. The molecule has 1 unspecified atom stereocenters. The molecule has 0 spiro atoms. The molecule has 118 valence electrons. The van der Waals surface area contributed by atoms with Crippen molar-refractivity contribution in [3.63, 3.8) is 0 Å². The number of hydrogen-bond donors (Lipinski definition) is 2. The lowest BCUT2D eigenvalue weighted by molar-refractivity contribution is -0.149. The van der Waals surface area contributed by atoms with Crippen LogP contribution in [0.15, 0.2) is 0 Å². The highest BCUT2D eigenvalue weighted by Crippen LogP contribution is 2.20. The number of carboxylic acid groups (broad SMARTS) is 1. The topological polar surface area (TPSA) is 69.6 Å². The fourth-order valence-corrected chi connectivity index (χ4v) is 2.36.